The third kappa shape index (κ3) is 6.02. The number of hydrogen-bond acceptors (Lipinski definition) is 6. The second kappa shape index (κ2) is 10.2. The van der Waals surface area contributed by atoms with Crippen LogP contribution in [0.25, 0.3) is 0 Å². The van der Waals surface area contributed by atoms with Crippen LogP contribution < -0.4 is 16.0 Å². The molecular weight excluding hydrogens is 481 g/mol. The number of aliphatic hydroxyl groups is 1. The highest BCUT2D eigenvalue weighted by Crippen LogP contribution is 2.46. The van der Waals surface area contributed by atoms with E-state index < -0.39 is 29.2 Å². The molecule has 4 N–H and O–H groups in total. The zero-order valence-corrected chi connectivity index (χ0v) is 20.1. The molecule has 2 amide bonds. The lowest BCUT2D eigenvalue weighted by Gasteiger charge is -2.42. The van der Waals surface area contributed by atoms with Crippen LogP contribution in [0.3, 0.4) is 0 Å². The fourth-order valence-corrected chi connectivity index (χ4v) is 6.10. The summed E-state index contributed by atoms with van der Waals surface area (Å²) in [6.07, 6.45) is -0.561. The topological polar surface area (TPSA) is 103 Å². The number of nitrogens with zero attached hydrogens (tertiary/aromatic N) is 1. The minimum Gasteiger partial charge on any atom is -0.389 e. The predicted molar refractivity (Wildman–Crippen MR) is 125 cm³/mol. The van der Waals surface area contributed by atoms with Gasteiger partial charge in [0.15, 0.2) is 0 Å². The summed E-state index contributed by atoms with van der Waals surface area (Å²) < 4.78 is 38.7. The van der Waals surface area contributed by atoms with Crippen molar-refractivity contribution in [2.75, 3.05) is 19.6 Å². The molecule has 190 valence electrons. The molecule has 1 saturated heterocycles. The molecule has 11 heteroatoms. The van der Waals surface area contributed by atoms with E-state index in [9.17, 15) is 27.9 Å². The lowest BCUT2D eigenvalue weighted by Crippen LogP contribution is -2.48. The number of nitrogens with one attached hydrogen (secondary N) is 3. The SMILES string of the molecule is CC1(O)CCC(C2CNC[C@@H]2NC(=O)CNC(=O)c2cccc(C(F)(F)F)c2)CC1c1nccs1. The molecule has 1 aromatic carbocycles. The molecule has 4 rings (SSSR count). The van der Waals surface area contributed by atoms with E-state index in [1.807, 2.05) is 12.3 Å². The first-order valence-electron chi connectivity index (χ1n) is 11.6. The standard InChI is InChI=1S/C24H29F3N4O3S/c1-23(34)6-5-14(10-18(23)22-29-7-8-35-22)17-11-28-12-19(17)31-20(32)13-30-21(33)15-3-2-4-16(9-15)24(25,26)27/h2-4,7-9,14,17-19,28,34H,5-6,10-13H2,1H3,(H,30,33)(H,31,32)/t14?,17?,18?,19-,23?/m0/s1. The number of amides is 2. The number of hydrogen-bond donors (Lipinski definition) is 4. The van der Waals surface area contributed by atoms with Crippen molar-refractivity contribution in [2.24, 2.45) is 11.8 Å². The molecule has 1 aliphatic carbocycles. The first-order chi connectivity index (χ1) is 16.5. The molecule has 1 aliphatic heterocycles. The average molecular weight is 511 g/mol. The molecule has 0 bridgehead atoms. The van der Waals surface area contributed by atoms with Crippen LogP contribution >= 0.6 is 11.3 Å². The fourth-order valence-electron chi connectivity index (χ4n) is 5.20. The first kappa shape index (κ1) is 25.6. The molecule has 4 unspecified atom stereocenters. The van der Waals surface area contributed by atoms with Crippen LogP contribution in [0, 0.1) is 11.8 Å². The molecular formula is C24H29F3N4O3S. The number of rotatable bonds is 6. The monoisotopic (exact) mass is 510 g/mol. The Hall–Kier alpha value is -2.50. The van der Waals surface area contributed by atoms with E-state index in [1.165, 1.54) is 17.4 Å². The normalized spacial score (nSPS) is 29.1. The van der Waals surface area contributed by atoms with Crippen molar-refractivity contribution >= 4 is 23.2 Å². The van der Waals surface area contributed by atoms with Crippen molar-refractivity contribution in [1.29, 1.82) is 0 Å². The average Bonchev–Trinajstić information content (AvgIpc) is 3.49. The zero-order chi connectivity index (χ0) is 25.2. The van der Waals surface area contributed by atoms with Crippen LogP contribution in [0.5, 0.6) is 0 Å². The van der Waals surface area contributed by atoms with Gasteiger partial charge in [0.25, 0.3) is 5.91 Å². The number of halogens is 3. The molecule has 2 heterocycles. The van der Waals surface area contributed by atoms with Crippen molar-refractivity contribution in [3.05, 3.63) is 52.0 Å². The van der Waals surface area contributed by atoms with Crippen molar-refractivity contribution in [1.82, 2.24) is 20.9 Å². The molecule has 2 aromatic rings. The second-order valence-corrected chi connectivity index (χ2v) is 10.5. The summed E-state index contributed by atoms with van der Waals surface area (Å²) in [7, 11) is 0. The van der Waals surface area contributed by atoms with Gasteiger partial charge in [-0.15, -0.1) is 11.3 Å². The molecule has 0 radical (unpaired) electrons. The highest BCUT2D eigenvalue weighted by atomic mass is 32.1. The van der Waals surface area contributed by atoms with Gasteiger partial charge in [-0.25, -0.2) is 4.98 Å². The van der Waals surface area contributed by atoms with E-state index in [4.69, 9.17) is 0 Å². The van der Waals surface area contributed by atoms with E-state index >= 15 is 0 Å². The van der Waals surface area contributed by atoms with Gasteiger partial charge in [-0.05, 0) is 56.2 Å². The smallest absolute Gasteiger partial charge is 0.389 e. The summed E-state index contributed by atoms with van der Waals surface area (Å²) >= 11 is 1.54. The van der Waals surface area contributed by atoms with Crippen molar-refractivity contribution in [3.8, 4) is 0 Å². The highest BCUT2D eigenvalue weighted by molar-refractivity contribution is 7.09. The Labute approximate surface area is 205 Å². The Balaban J connectivity index is 1.33. The maximum atomic E-state index is 12.9. The number of benzene rings is 1. The van der Waals surface area contributed by atoms with Crippen molar-refractivity contribution in [3.63, 3.8) is 0 Å². The van der Waals surface area contributed by atoms with Crippen LogP contribution in [0.2, 0.25) is 0 Å². The Morgan fingerprint density at radius 3 is 2.83 bits per heavy atom. The van der Waals surface area contributed by atoms with Crippen LogP contribution in [0.4, 0.5) is 13.2 Å². The van der Waals surface area contributed by atoms with Gasteiger partial charge in [0, 0.05) is 42.2 Å². The van der Waals surface area contributed by atoms with Crippen molar-refractivity contribution < 1.29 is 27.9 Å². The summed E-state index contributed by atoms with van der Waals surface area (Å²) in [5.41, 5.74) is -1.90. The van der Waals surface area contributed by atoms with E-state index in [2.05, 4.69) is 20.9 Å². The number of aromatic nitrogens is 1. The lowest BCUT2D eigenvalue weighted by molar-refractivity contribution is -0.137. The van der Waals surface area contributed by atoms with Gasteiger partial charge in [-0.2, -0.15) is 13.2 Å². The van der Waals surface area contributed by atoms with Gasteiger partial charge in [0.1, 0.15) is 0 Å². The van der Waals surface area contributed by atoms with Crippen LogP contribution in [-0.2, 0) is 11.0 Å². The third-order valence-corrected chi connectivity index (χ3v) is 8.02. The Bertz CT molecular complexity index is 1040. The van der Waals surface area contributed by atoms with Gasteiger partial charge in [-0.3, -0.25) is 9.59 Å². The molecule has 7 nitrogen and oxygen atoms in total. The van der Waals surface area contributed by atoms with E-state index in [-0.39, 0.29) is 35.9 Å². The molecule has 35 heavy (non-hydrogen) atoms. The Kier molecular flexibility index (Phi) is 7.48. The first-order valence-corrected chi connectivity index (χ1v) is 12.5. The molecule has 2 aliphatic rings. The van der Waals surface area contributed by atoms with E-state index in [1.54, 1.807) is 6.20 Å². The molecule has 2 fully saturated rings. The van der Waals surface area contributed by atoms with Gasteiger partial charge in [0.2, 0.25) is 5.91 Å². The number of carbonyl (C=O) groups is 2. The largest absolute Gasteiger partial charge is 0.416 e. The minimum atomic E-state index is -4.55. The minimum absolute atomic E-state index is 0.0649. The predicted octanol–water partition coefficient (Wildman–Crippen LogP) is 2.93. The molecule has 0 spiro atoms. The van der Waals surface area contributed by atoms with Crippen LogP contribution in [-0.4, -0.2) is 53.2 Å². The third-order valence-electron chi connectivity index (χ3n) is 7.13. The summed E-state index contributed by atoms with van der Waals surface area (Å²) in [6, 6.07) is 3.95. The summed E-state index contributed by atoms with van der Waals surface area (Å²) in [5.74, 6) is -0.762. The molecule has 5 atom stereocenters. The second-order valence-electron chi connectivity index (χ2n) is 9.57. The lowest BCUT2D eigenvalue weighted by atomic mass is 9.67. The van der Waals surface area contributed by atoms with E-state index in [0.29, 0.717) is 13.0 Å². The number of alkyl halides is 3. The quantitative estimate of drug-likeness (QED) is 0.479. The van der Waals surface area contributed by atoms with Crippen LogP contribution in [0.15, 0.2) is 35.8 Å². The van der Waals surface area contributed by atoms with Crippen molar-refractivity contribution in [2.45, 2.75) is 49.9 Å². The number of thiazole rings is 1. The Morgan fingerprint density at radius 1 is 1.31 bits per heavy atom. The zero-order valence-electron chi connectivity index (χ0n) is 19.3. The molecule has 1 aromatic heterocycles. The highest BCUT2D eigenvalue weighted by Gasteiger charge is 2.45. The summed E-state index contributed by atoms with van der Waals surface area (Å²) in [5, 5.41) is 22.5. The molecule has 1 saturated carbocycles. The Morgan fingerprint density at radius 2 is 2.11 bits per heavy atom. The fraction of sp³-hybridized carbons (Fsp3) is 0.542. The van der Waals surface area contributed by atoms with Gasteiger partial charge < -0.3 is 21.1 Å². The summed E-state index contributed by atoms with van der Waals surface area (Å²) in [6.45, 7) is 2.85. The maximum Gasteiger partial charge on any atom is 0.416 e. The summed E-state index contributed by atoms with van der Waals surface area (Å²) in [4.78, 5) is 29.3. The maximum absolute atomic E-state index is 12.9. The van der Waals surface area contributed by atoms with E-state index in [0.717, 1.165) is 42.6 Å². The van der Waals surface area contributed by atoms with Gasteiger partial charge in [-0.1, -0.05) is 6.07 Å². The van der Waals surface area contributed by atoms with Crippen LogP contribution in [0.1, 0.15) is 53.0 Å². The van der Waals surface area contributed by atoms with Gasteiger partial charge >= 0.3 is 6.18 Å². The van der Waals surface area contributed by atoms with Gasteiger partial charge in [0.05, 0.1) is 22.7 Å². The number of carbonyl (C=O) groups excluding carboxylic acids is 2.